The van der Waals surface area contributed by atoms with E-state index in [1.807, 2.05) is 38.1 Å². The second kappa shape index (κ2) is 7.52. The fourth-order valence-electron chi connectivity index (χ4n) is 2.10. The molecule has 0 radical (unpaired) electrons. The first-order chi connectivity index (χ1) is 10.1. The van der Waals surface area contributed by atoms with Crippen molar-refractivity contribution < 1.29 is 4.79 Å². The lowest BCUT2D eigenvalue weighted by Crippen LogP contribution is -2.42. The van der Waals surface area contributed by atoms with E-state index in [1.54, 1.807) is 6.20 Å². The van der Waals surface area contributed by atoms with Crippen LogP contribution in [-0.2, 0) is 11.3 Å². The van der Waals surface area contributed by atoms with Crippen LogP contribution in [0.1, 0.15) is 25.8 Å². The monoisotopic (exact) mass is 349 g/mol. The topological polar surface area (TPSA) is 54.0 Å². The van der Waals surface area contributed by atoms with Gasteiger partial charge in [-0.05, 0) is 31.0 Å². The van der Waals surface area contributed by atoms with Gasteiger partial charge in [-0.3, -0.25) is 9.78 Å². The highest BCUT2D eigenvalue weighted by Crippen LogP contribution is 2.25. The predicted octanol–water partition coefficient (Wildman–Crippen LogP) is 3.00. The van der Waals surface area contributed by atoms with Gasteiger partial charge in [-0.15, -0.1) is 0 Å². The van der Waals surface area contributed by atoms with E-state index in [0.29, 0.717) is 13.1 Å². The molecule has 0 fully saturated rings. The number of fused-ring (bicyclic) bond motifs is 1. The van der Waals surface area contributed by atoms with Gasteiger partial charge in [-0.1, -0.05) is 35.0 Å². The molecule has 0 aliphatic carbocycles. The lowest BCUT2D eigenvalue weighted by molar-refractivity contribution is -0.122. The van der Waals surface area contributed by atoms with Gasteiger partial charge in [0.2, 0.25) is 5.91 Å². The number of hydrogen-bond donors (Lipinski definition) is 2. The normalized spacial score (nSPS) is 12.3. The minimum atomic E-state index is -0.223. The maximum atomic E-state index is 11.8. The summed E-state index contributed by atoms with van der Waals surface area (Å²) >= 11 is 3.54. The van der Waals surface area contributed by atoms with Crippen LogP contribution in [-0.4, -0.2) is 23.5 Å². The molecule has 1 aromatic carbocycles. The smallest absolute Gasteiger partial charge is 0.236 e. The van der Waals surface area contributed by atoms with Gasteiger partial charge in [0.05, 0.1) is 11.6 Å². The molecule has 1 aromatic heterocycles. The van der Waals surface area contributed by atoms with E-state index >= 15 is 0 Å². The Labute approximate surface area is 133 Å². The van der Waals surface area contributed by atoms with E-state index in [1.165, 1.54) is 0 Å². The van der Waals surface area contributed by atoms with Crippen molar-refractivity contribution in [1.82, 2.24) is 15.6 Å². The number of nitrogens with zero attached hydrogens (tertiary/aromatic N) is 1. The van der Waals surface area contributed by atoms with Crippen LogP contribution in [0, 0.1) is 0 Å². The molecule has 1 amide bonds. The summed E-state index contributed by atoms with van der Waals surface area (Å²) in [6.45, 7) is 5.24. The third-order valence-electron chi connectivity index (χ3n) is 3.34. The van der Waals surface area contributed by atoms with Gasteiger partial charge in [0, 0.05) is 29.1 Å². The molecular formula is C16H20BrN3O. The molecule has 2 aromatic rings. The van der Waals surface area contributed by atoms with Gasteiger partial charge < -0.3 is 10.6 Å². The standard InChI is InChI=1S/C16H20BrN3O/c1-3-8-19-16(21)11(2)20-10-12-6-7-14(17)13-5-4-9-18-15(12)13/h4-7,9,11,20H,3,8,10H2,1-2H3,(H,19,21). The molecule has 0 aliphatic rings. The van der Waals surface area contributed by atoms with Gasteiger partial charge in [-0.2, -0.15) is 0 Å². The highest BCUT2D eigenvalue weighted by atomic mass is 79.9. The maximum Gasteiger partial charge on any atom is 0.236 e. The molecule has 0 aliphatic heterocycles. The number of pyridine rings is 1. The van der Waals surface area contributed by atoms with Crippen molar-refractivity contribution in [3.05, 3.63) is 40.5 Å². The Balaban J connectivity index is 2.07. The van der Waals surface area contributed by atoms with E-state index in [4.69, 9.17) is 0 Å². The lowest BCUT2D eigenvalue weighted by atomic mass is 10.1. The summed E-state index contributed by atoms with van der Waals surface area (Å²) in [6.07, 6.45) is 2.73. The average molecular weight is 350 g/mol. The van der Waals surface area contributed by atoms with Crippen molar-refractivity contribution in [2.24, 2.45) is 0 Å². The molecule has 112 valence electrons. The average Bonchev–Trinajstić information content (AvgIpc) is 2.52. The van der Waals surface area contributed by atoms with Crippen LogP contribution in [0.15, 0.2) is 34.9 Å². The van der Waals surface area contributed by atoms with Crippen LogP contribution in [0.3, 0.4) is 0 Å². The molecule has 2 N–H and O–H groups in total. The van der Waals surface area contributed by atoms with Crippen molar-refractivity contribution in [3.63, 3.8) is 0 Å². The van der Waals surface area contributed by atoms with Crippen molar-refractivity contribution in [3.8, 4) is 0 Å². The summed E-state index contributed by atoms with van der Waals surface area (Å²) < 4.78 is 1.03. The van der Waals surface area contributed by atoms with Gasteiger partial charge >= 0.3 is 0 Å². The van der Waals surface area contributed by atoms with E-state index < -0.39 is 0 Å². The van der Waals surface area contributed by atoms with Crippen LogP contribution >= 0.6 is 15.9 Å². The summed E-state index contributed by atoms with van der Waals surface area (Å²) in [7, 11) is 0. The summed E-state index contributed by atoms with van der Waals surface area (Å²) in [6, 6.07) is 7.78. The van der Waals surface area contributed by atoms with Crippen LogP contribution < -0.4 is 10.6 Å². The number of hydrogen-bond acceptors (Lipinski definition) is 3. The maximum absolute atomic E-state index is 11.8. The fraction of sp³-hybridized carbons (Fsp3) is 0.375. The summed E-state index contributed by atoms with van der Waals surface area (Å²) in [5.41, 5.74) is 2.05. The first-order valence-electron chi connectivity index (χ1n) is 7.16. The minimum absolute atomic E-state index is 0.0335. The second-order valence-corrected chi connectivity index (χ2v) is 5.85. The zero-order valence-electron chi connectivity index (χ0n) is 12.3. The van der Waals surface area contributed by atoms with Gasteiger partial charge in [0.1, 0.15) is 0 Å². The zero-order chi connectivity index (χ0) is 15.2. The quantitative estimate of drug-likeness (QED) is 0.842. The molecule has 1 heterocycles. The van der Waals surface area contributed by atoms with Crippen molar-refractivity contribution in [2.45, 2.75) is 32.9 Å². The SMILES string of the molecule is CCCNC(=O)C(C)NCc1ccc(Br)c2cccnc12. The zero-order valence-corrected chi connectivity index (χ0v) is 13.9. The third-order valence-corrected chi connectivity index (χ3v) is 4.03. The van der Waals surface area contributed by atoms with E-state index in [2.05, 4.69) is 31.5 Å². The Morgan fingerprint density at radius 3 is 2.95 bits per heavy atom. The number of carbonyl (C=O) groups is 1. The first kappa shape index (κ1) is 15.9. The lowest BCUT2D eigenvalue weighted by Gasteiger charge is -2.14. The summed E-state index contributed by atoms with van der Waals surface area (Å²) in [5.74, 6) is 0.0335. The highest BCUT2D eigenvalue weighted by molar-refractivity contribution is 9.10. The molecule has 5 heteroatoms. The molecule has 0 saturated heterocycles. The number of amides is 1. The van der Waals surface area contributed by atoms with E-state index in [-0.39, 0.29) is 11.9 Å². The highest BCUT2D eigenvalue weighted by Gasteiger charge is 2.12. The predicted molar refractivity (Wildman–Crippen MR) is 89.0 cm³/mol. The number of nitrogens with one attached hydrogen (secondary N) is 2. The molecular weight excluding hydrogens is 330 g/mol. The Morgan fingerprint density at radius 2 is 2.19 bits per heavy atom. The molecule has 1 unspecified atom stereocenters. The molecule has 21 heavy (non-hydrogen) atoms. The number of halogens is 1. The minimum Gasteiger partial charge on any atom is -0.355 e. The third kappa shape index (κ3) is 4.02. The Bertz CT molecular complexity index is 630. The van der Waals surface area contributed by atoms with E-state index in [0.717, 1.165) is 27.4 Å². The Hall–Kier alpha value is -1.46. The number of carbonyl (C=O) groups excluding carboxylic acids is 1. The van der Waals surface area contributed by atoms with Gasteiger partial charge in [-0.25, -0.2) is 0 Å². The Morgan fingerprint density at radius 1 is 1.38 bits per heavy atom. The van der Waals surface area contributed by atoms with Crippen molar-refractivity contribution >= 4 is 32.7 Å². The second-order valence-electron chi connectivity index (χ2n) is 5.00. The van der Waals surface area contributed by atoms with Gasteiger partial charge in [0.15, 0.2) is 0 Å². The number of benzene rings is 1. The first-order valence-corrected chi connectivity index (χ1v) is 7.96. The van der Waals surface area contributed by atoms with Crippen LogP contribution in [0.5, 0.6) is 0 Å². The van der Waals surface area contributed by atoms with Crippen LogP contribution in [0.2, 0.25) is 0 Å². The fourth-order valence-corrected chi connectivity index (χ4v) is 2.55. The molecule has 1 atom stereocenters. The molecule has 2 rings (SSSR count). The van der Waals surface area contributed by atoms with Crippen molar-refractivity contribution in [2.75, 3.05) is 6.54 Å². The van der Waals surface area contributed by atoms with Gasteiger partial charge in [0.25, 0.3) is 0 Å². The van der Waals surface area contributed by atoms with Crippen LogP contribution in [0.25, 0.3) is 10.9 Å². The van der Waals surface area contributed by atoms with Crippen LogP contribution in [0.4, 0.5) is 0 Å². The van der Waals surface area contributed by atoms with Crippen molar-refractivity contribution in [1.29, 1.82) is 0 Å². The van der Waals surface area contributed by atoms with E-state index in [9.17, 15) is 4.79 Å². The molecule has 0 bridgehead atoms. The number of aromatic nitrogens is 1. The summed E-state index contributed by atoms with van der Waals surface area (Å²) in [5, 5.41) is 7.23. The number of rotatable bonds is 6. The summed E-state index contributed by atoms with van der Waals surface area (Å²) in [4.78, 5) is 16.3. The molecule has 0 spiro atoms. The Kier molecular flexibility index (Phi) is 5.70. The molecule has 0 saturated carbocycles. The largest absolute Gasteiger partial charge is 0.355 e. The molecule has 4 nitrogen and oxygen atoms in total.